The van der Waals surface area contributed by atoms with Crippen molar-refractivity contribution in [2.75, 3.05) is 39.3 Å². The summed E-state index contributed by atoms with van der Waals surface area (Å²) in [6, 6.07) is 4.35. The quantitative estimate of drug-likeness (QED) is 0.869. The Hall–Kier alpha value is -1.46. The van der Waals surface area contributed by atoms with E-state index in [0.717, 1.165) is 26.2 Å². The molecule has 0 radical (unpaired) electrons. The van der Waals surface area contributed by atoms with Gasteiger partial charge in [0.15, 0.2) is 0 Å². The van der Waals surface area contributed by atoms with Gasteiger partial charge in [-0.15, -0.1) is 0 Å². The normalized spacial score (nSPS) is 21.3. The summed E-state index contributed by atoms with van der Waals surface area (Å²) < 4.78 is 0. The second kappa shape index (κ2) is 9.14. The summed E-state index contributed by atoms with van der Waals surface area (Å²) in [5, 5.41) is 3.18. The molecule has 1 amide bonds. The average molecular weight is 330 g/mol. The van der Waals surface area contributed by atoms with Crippen molar-refractivity contribution in [3.63, 3.8) is 0 Å². The average Bonchev–Trinajstić information content (AvgIpc) is 3.01. The highest BCUT2D eigenvalue weighted by molar-refractivity contribution is 5.78. The third kappa shape index (κ3) is 5.02. The van der Waals surface area contributed by atoms with E-state index >= 15 is 0 Å². The molecule has 1 aromatic heterocycles. The molecule has 3 heterocycles. The van der Waals surface area contributed by atoms with Crippen LogP contribution in [0.3, 0.4) is 0 Å². The number of carbonyl (C=O) groups excluding carboxylic acids is 1. The number of hydrogen-bond acceptors (Lipinski definition) is 4. The Morgan fingerprint density at radius 3 is 2.46 bits per heavy atom. The van der Waals surface area contributed by atoms with Crippen LogP contribution in [0.1, 0.15) is 50.1 Å². The zero-order valence-electron chi connectivity index (χ0n) is 14.6. The molecule has 2 aliphatic heterocycles. The van der Waals surface area contributed by atoms with Gasteiger partial charge in [0.05, 0.1) is 12.6 Å². The van der Waals surface area contributed by atoms with Gasteiger partial charge in [0.2, 0.25) is 5.91 Å². The van der Waals surface area contributed by atoms with E-state index in [9.17, 15) is 4.79 Å². The predicted octanol–water partition coefficient (Wildman–Crippen LogP) is 2.21. The topological polar surface area (TPSA) is 48.5 Å². The van der Waals surface area contributed by atoms with E-state index < -0.39 is 0 Å². The molecule has 1 aromatic rings. The fourth-order valence-corrected chi connectivity index (χ4v) is 3.85. The number of carbonyl (C=O) groups is 1. The second-order valence-electron chi connectivity index (χ2n) is 7.04. The maximum atomic E-state index is 12.4. The Labute approximate surface area is 145 Å². The van der Waals surface area contributed by atoms with Crippen LogP contribution in [0.2, 0.25) is 0 Å². The Kier molecular flexibility index (Phi) is 6.61. The van der Waals surface area contributed by atoms with Crippen molar-refractivity contribution in [1.29, 1.82) is 0 Å². The molecule has 24 heavy (non-hydrogen) atoms. The van der Waals surface area contributed by atoms with Crippen molar-refractivity contribution in [2.24, 2.45) is 0 Å². The van der Waals surface area contributed by atoms with Gasteiger partial charge in [0.1, 0.15) is 0 Å². The third-order valence-corrected chi connectivity index (χ3v) is 5.21. The van der Waals surface area contributed by atoms with E-state index in [-0.39, 0.29) is 11.9 Å². The van der Waals surface area contributed by atoms with Gasteiger partial charge in [0, 0.05) is 18.9 Å². The predicted molar refractivity (Wildman–Crippen MR) is 95.7 cm³/mol. The first kappa shape index (κ1) is 17.4. The van der Waals surface area contributed by atoms with Crippen LogP contribution in [0, 0.1) is 0 Å². The van der Waals surface area contributed by atoms with Gasteiger partial charge in [-0.3, -0.25) is 19.6 Å². The van der Waals surface area contributed by atoms with Crippen LogP contribution < -0.4 is 5.32 Å². The molecule has 0 saturated carbocycles. The van der Waals surface area contributed by atoms with Gasteiger partial charge >= 0.3 is 0 Å². The molecule has 3 rings (SSSR count). The molecular formula is C19H30N4O. The Morgan fingerprint density at radius 2 is 1.79 bits per heavy atom. The lowest BCUT2D eigenvalue weighted by atomic mass is 10.1. The van der Waals surface area contributed by atoms with Crippen molar-refractivity contribution in [2.45, 2.75) is 44.6 Å². The summed E-state index contributed by atoms with van der Waals surface area (Å²) >= 11 is 0. The SMILES string of the molecule is O=C(CN1CCCCCC1)NCC(c1cccnc1)N1CCCC1. The van der Waals surface area contributed by atoms with Gasteiger partial charge < -0.3 is 5.32 Å². The second-order valence-corrected chi connectivity index (χ2v) is 7.04. The fraction of sp³-hybridized carbons (Fsp3) is 0.684. The Morgan fingerprint density at radius 1 is 1.08 bits per heavy atom. The number of nitrogens with one attached hydrogen (secondary N) is 1. The summed E-state index contributed by atoms with van der Waals surface area (Å²) in [6.45, 7) is 5.57. The van der Waals surface area contributed by atoms with E-state index in [0.29, 0.717) is 13.1 Å². The van der Waals surface area contributed by atoms with Gasteiger partial charge in [-0.1, -0.05) is 18.9 Å². The molecule has 2 saturated heterocycles. The molecule has 5 heteroatoms. The first-order chi connectivity index (χ1) is 11.8. The lowest BCUT2D eigenvalue weighted by molar-refractivity contribution is -0.122. The number of aromatic nitrogens is 1. The molecule has 1 atom stereocenters. The lowest BCUT2D eigenvalue weighted by Gasteiger charge is -2.28. The zero-order valence-corrected chi connectivity index (χ0v) is 14.6. The van der Waals surface area contributed by atoms with Gasteiger partial charge in [-0.2, -0.15) is 0 Å². The molecule has 2 fully saturated rings. The maximum Gasteiger partial charge on any atom is 0.234 e. The molecular weight excluding hydrogens is 300 g/mol. The van der Waals surface area contributed by atoms with Crippen molar-refractivity contribution in [3.05, 3.63) is 30.1 Å². The Balaban J connectivity index is 1.53. The molecule has 0 aromatic carbocycles. The number of pyridine rings is 1. The van der Waals surface area contributed by atoms with E-state index in [1.165, 1.54) is 44.1 Å². The van der Waals surface area contributed by atoms with Crippen LogP contribution in [0.25, 0.3) is 0 Å². The minimum absolute atomic E-state index is 0.157. The highest BCUT2D eigenvalue weighted by Gasteiger charge is 2.24. The summed E-state index contributed by atoms with van der Waals surface area (Å²) in [7, 11) is 0. The molecule has 0 aliphatic carbocycles. The molecule has 0 spiro atoms. The molecule has 5 nitrogen and oxygen atoms in total. The number of likely N-dealkylation sites (tertiary alicyclic amines) is 2. The molecule has 1 N–H and O–H groups in total. The highest BCUT2D eigenvalue weighted by atomic mass is 16.2. The van der Waals surface area contributed by atoms with Crippen molar-refractivity contribution < 1.29 is 4.79 Å². The first-order valence-electron chi connectivity index (χ1n) is 9.46. The van der Waals surface area contributed by atoms with E-state index in [4.69, 9.17) is 0 Å². The number of rotatable bonds is 6. The van der Waals surface area contributed by atoms with Gasteiger partial charge in [0.25, 0.3) is 0 Å². The van der Waals surface area contributed by atoms with Crippen LogP contribution in [0.5, 0.6) is 0 Å². The van der Waals surface area contributed by atoms with Crippen LogP contribution in [0.4, 0.5) is 0 Å². The van der Waals surface area contributed by atoms with E-state index in [1.54, 1.807) is 0 Å². The standard InChI is InChI=1S/C19H30N4O/c24-19(16-22-10-3-1-2-4-11-22)21-15-18(23-12-5-6-13-23)17-8-7-9-20-14-17/h7-9,14,18H,1-6,10-13,15-16H2,(H,21,24). The largest absolute Gasteiger partial charge is 0.353 e. The fourth-order valence-electron chi connectivity index (χ4n) is 3.85. The molecule has 2 aliphatic rings. The third-order valence-electron chi connectivity index (χ3n) is 5.21. The molecule has 1 unspecified atom stereocenters. The van der Waals surface area contributed by atoms with Gasteiger partial charge in [-0.05, 0) is 63.5 Å². The van der Waals surface area contributed by atoms with Crippen molar-refractivity contribution in [3.8, 4) is 0 Å². The summed E-state index contributed by atoms with van der Waals surface area (Å²) in [5.41, 5.74) is 1.20. The summed E-state index contributed by atoms with van der Waals surface area (Å²) in [4.78, 5) is 21.4. The summed E-state index contributed by atoms with van der Waals surface area (Å²) in [5.74, 6) is 0.157. The zero-order chi connectivity index (χ0) is 16.6. The minimum Gasteiger partial charge on any atom is -0.353 e. The van der Waals surface area contributed by atoms with Crippen molar-refractivity contribution in [1.82, 2.24) is 20.1 Å². The molecule has 0 bridgehead atoms. The molecule has 132 valence electrons. The van der Waals surface area contributed by atoms with Crippen LogP contribution in [0.15, 0.2) is 24.5 Å². The van der Waals surface area contributed by atoms with Crippen LogP contribution >= 0.6 is 0 Å². The lowest BCUT2D eigenvalue weighted by Crippen LogP contribution is -2.42. The number of hydrogen-bond donors (Lipinski definition) is 1. The minimum atomic E-state index is 0.157. The van der Waals surface area contributed by atoms with Crippen LogP contribution in [-0.2, 0) is 4.79 Å². The highest BCUT2D eigenvalue weighted by Crippen LogP contribution is 2.23. The van der Waals surface area contributed by atoms with Gasteiger partial charge in [-0.25, -0.2) is 0 Å². The van der Waals surface area contributed by atoms with Crippen molar-refractivity contribution >= 4 is 5.91 Å². The Bertz CT molecular complexity index is 493. The van der Waals surface area contributed by atoms with E-state index in [1.807, 2.05) is 18.5 Å². The smallest absolute Gasteiger partial charge is 0.234 e. The summed E-state index contributed by atoms with van der Waals surface area (Å²) in [6.07, 6.45) is 11.3. The number of nitrogens with zero attached hydrogens (tertiary/aromatic N) is 3. The monoisotopic (exact) mass is 330 g/mol. The maximum absolute atomic E-state index is 12.4. The van der Waals surface area contributed by atoms with E-state index in [2.05, 4.69) is 26.2 Å². The first-order valence-corrected chi connectivity index (χ1v) is 9.46. The van der Waals surface area contributed by atoms with Crippen LogP contribution in [-0.4, -0.2) is 60.0 Å². The number of amides is 1.